The van der Waals surface area contributed by atoms with E-state index in [4.69, 9.17) is 14.5 Å². The summed E-state index contributed by atoms with van der Waals surface area (Å²) in [6.45, 7) is 8.12. The molecule has 0 bridgehead atoms. The summed E-state index contributed by atoms with van der Waals surface area (Å²) in [6, 6.07) is 12.0. The van der Waals surface area contributed by atoms with E-state index in [0.29, 0.717) is 6.61 Å². The maximum Gasteiger partial charge on any atom is 0.191 e. The lowest BCUT2D eigenvalue weighted by Gasteiger charge is -2.12. The van der Waals surface area contributed by atoms with Crippen molar-refractivity contribution in [1.29, 1.82) is 0 Å². The Kier molecular flexibility index (Phi) is 11.7. The van der Waals surface area contributed by atoms with Crippen LogP contribution in [0.1, 0.15) is 38.7 Å². The molecule has 2 aromatic rings. The van der Waals surface area contributed by atoms with E-state index >= 15 is 0 Å². The minimum Gasteiger partial charge on any atom is -0.493 e. The maximum atomic E-state index is 5.66. The first kappa shape index (κ1) is 24.3. The molecule has 7 nitrogen and oxygen atoms in total. The highest BCUT2D eigenvalue weighted by Crippen LogP contribution is 2.28. The molecule has 0 saturated carbocycles. The smallest absolute Gasteiger partial charge is 0.191 e. The van der Waals surface area contributed by atoms with Gasteiger partial charge in [0.25, 0.3) is 0 Å². The Balaban J connectivity index is 1.67. The quantitative estimate of drug-likeness (QED) is 0.241. The van der Waals surface area contributed by atoms with Crippen LogP contribution in [0.25, 0.3) is 0 Å². The predicted octanol–water partition coefficient (Wildman–Crippen LogP) is 3.87. The van der Waals surface area contributed by atoms with Crippen molar-refractivity contribution in [3.05, 3.63) is 48.2 Å². The molecule has 0 radical (unpaired) electrons. The highest BCUT2D eigenvalue weighted by atomic mass is 16.5. The SMILES string of the molecule is CCNC(=NCCCc1ccc(OC)c(OCC)c1)NCCCCNc1ccccn1. The van der Waals surface area contributed by atoms with Crippen LogP contribution >= 0.6 is 0 Å². The van der Waals surface area contributed by atoms with Gasteiger partial charge in [0.05, 0.1) is 13.7 Å². The number of benzene rings is 1. The van der Waals surface area contributed by atoms with Gasteiger partial charge >= 0.3 is 0 Å². The third-order valence-corrected chi connectivity index (χ3v) is 4.63. The van der Waals surface area contributed by atoms with Crippen molar-refractivity contribution in [2.24, 2.45) is 4.99 Å². The second-order valence-corrected chi connectivity index (χ2v) is 7.06. The molecule has 1 aromatic heterocycles. The molecule has 0 amide bonds. The fourth-order valence-electron chi connectivity index (χ4n) is 3.10. The molecule has 2 rings (SSSR count). The third kappa shape index (κ3) is 9.59. The fraction of sp³-hybridized carbons (Fsp3) is 0.500. The second kappa shape index (κ2) is 14.9. The predicted molar refractivity (Wildman–Crippen MR) is 128 cm³/mol. The zero-order valence-corrected chi connectivity index (χ0v) is 19.1. The first-order valence-electron chi connectivity index (χ1n) is 11.2. The normalized spacial score (nSPS) is 11.1. The van der Waals surface area contributed by atoms with E-state index in [1.165, 1.54) is 5.56 Å². The molecule has 0 aliphatic carbocycles. The number of methoxy groups -OCH3 is 1. The van der Waals surface area contributed by atoms with E-state index in [9.17, 15) is 0 Å². The Morgan fingerprint density at radius 1 is 1.00 bits per heavy atom. The number of aliphatic imine (C=N–C) groups is 1. The number of hydrogen-bond acceptors (Lipinski definition) is 5. The Morgan fingerprint density at radius 2 is 1.87 bits per heavy atom. The first-order valence-corrected chi connectivity index (χ1v) is 11.2. The van der Waals surface area contributed by atoms with Crippen LogP contribution in [-0.2, 0) is 6.42 Å². The third-order valence-electron chi connectivity index (χ3n) is 4.63. The molecular weight excluding hydrogens is 390 g/mol. The van der Waals surface area contributed by atoms with Crippen LogP contribution in [0.4, 0.5) is 5.82 Å². The molecule has 31 heavy (non-hydrogen) atoms. The molecule has 0 aliphatic heterocycles. The second-order valence-electron chi connectivity index (χ2n) is 7.06. The number of unbranched alkanes of at least 4 members (excludes halogenated alkanes) is 1. The van der Waals surface area contributed by atoms with Gasteiger partial charge in [0, 0.05) is 32.4 Å². The van der Waals surface area contributed by atoms with Crippen molar-refractivity contribution < 1.29 is 9.47 Å². The fourth-order valence-corrected chi connectivity index (χ4v) is 3.10. The Morgan fingerprint density at radius 3 is 2.61 bits per heavy atom. The molecular formula is C24H37N5O2. The van der Waals surface area contributed by atoms with Crippen molar-refractivity contribution in [1.82, 2.24) is 15.6 Å². The molecule has 0 unspecified atom stereocenters. The number of pyridine rings is 1. The van der Waals surface area contributed by atoms with Gasteiger partial charge in [-0.2, -0.15) is 0 Å². The van der Waals surface area contributed by atoms with Crippen molar-refractivity contribution in [3.8, 4) is 11.5 Å². The van der Waals surface area contributed by atoms with Crippen LogP contribution in [0.15, 0.2) is 47.6 Å². The molecule has 170 valence electrons. The number of nitrogens with one attached hydrogen (secondary N) is 3. The van der Waals surface area contributed by atoms with E-state index in [2.05, 4.69) is 40.0 Å². The Hall–Kier alpha value is -2.96. The summed E-state index contributed by atoms with van der Waals surface area (Å²) in [5.41, 5.74) is 1.23. The van der Waals surface area contributed by atoms with E-state index in [-0.39, 0.29) is 0 Å². The van der Waals surface area contributed by atoms with E-state index in [0.717, 1.165) is 75.1 Å². The summed E-state index contributed by atoms with van der Waals surface area (Å²) in [5.74, 6) is 3.39. The number of ether oxygens (including phenoxy) is 2. The number of nitrogens with zero attached hydrogens (tertiary/aromatic N) is 2. The summed E-state index contributed by atoms with van der Waals surface area (Å²) >= 11 is 0. The van der Waals surface area contributed by atoms with Crippen molar-refractivity contribution >= 4 is 11.8 Å². The minimum atomic E-state index is 0.626. The number of rotatable bonds is 14. The lowest BCUT2D eigenvalue weighted by Crippen LogP contribution is -2.38. The van der Waals surface area contributed by atoms with Gasteiger partial charge < -0.3 is 25.4 Å². The van der Waals surface area contributed by atoms with Crippen molar-refractivity contribution in [2.75, 3.05) is 45.2 Å². The van der Waals surface area contributed by atoms with Crippen molar-refractivity contribution in [2.45, 2.75) is 39.5 Å². The molecule has 0 spiro atoms. The number of hydrogen-bond donors (Lipinski definition) is 3. The monoisotopic (exact) mass is 427 g/mol. The zero-order valence-electron chi connectivity index (χ0n) is 19.1. The number of guanidine groups is 1. The summed E-state index contributed by atoms with van der Waals surface area (Å²) in [4.78, 5) is 8.97. The Bertz CT molecular complexity index is 768. The van der Waals surface area contributed by atoms with Gasteiger partial charge in [-0.15, -0.1) is 0 Å². The van der Waals surface area contributed by atoms with Crippen LogP contribution in [0, 0.1) is 0 Å². The summed E-state index contributed by atoms with van der Waals surface area (Å²) in [6.07, 6.45) is 5.86. The highest BCUT2D eigenvalue weighted by molar-refractivity contribution is 5.79. The van der Waals surface area contributed by atoms with Gasteiger partial charge in [-0.3, -0.25) is 4.99 Å². The molecule has 3 N–H and O–H groups in total. The standard InChI is InChI=1S/C24H37N5O2/c1-4-25-24(28-17-9-8-16-27-23-12-6-7-15-26-23)29-18-10-11-20-13-14-21(30-3)22(19-20)31-5-2/h6-7,12-15,19H,4-5,8-11,16-18H2,1-3H3,(H,26,27)(H2,25,28,29). The lowest BCUT2D eigenvalue weighted by atomic mass is 10.1. The molecule has 0 aliphatic rings. The first-order chi connectivity index (χ1) is 15.3. The van der Waals surface area contributed by atoms with Crippen LogP contribution in [0.5, 0.6) is 11.5 Å². The Labute approximate surface area is 186 Å². The van der Waals surface area contributed by atoms with Crippen LogP contribution in [0.2, 0.25) is 0 Å². The molecule has 1 aromatic carbocycles. The highest BCUT2D eigenvalue weighted by Gasteiger charge is 2.05. The van der Waals surface area contributed by atoms with Crippen molar-refractivity contribution in [3.63, 3.8) is 0 Å². The summed E-state index contributed by atoms with van der Waals surface area (Å²) in [5, 5.41) is 10.1. The van der Waals surface area contributed by atoms with Gasteiger partial charge in [-0.1, -0.05) is 12.1 Å². The van der Waals surface area contributed by atoms with Crippen LogP contribution < -0.4 is 25.4 Å². The van der Waals surface area contributed by atoms with Crippen LogP contribution in [-0.4, -0.2) is 50.8 Å². The van der Waals surface area contributed by atoms with E-state index in [1.54, 1.807) is 13.3 Å². The molecule has 0 saturated heterocycles. The van der Waals surface area contributed by atoms with Gasteiger partial charge in [-0.25, -0.2) is 4.98 Å². The largest absolute Gasteiger partial charge is 0.493 e. The number of aromatic nitrogens is 1. The van der Waals surface area contributed by atoms with Gasteiger partial charge in [-0.05, 0) is 69.4 Å². The number of aryl methyl sites for hydroxylation is 1. The zero-order chi connectivity index (χ0) is 22.2. The summed E-state index contributed by atoms with van der Waals surface area (Å²) < 4.78 is 11.0. The molecule has 0 atom stereocenters. The molecule has 1 heterocycles. The molecule has 7 heteroatoms. The van der Waals surface area contributed by atoms with Gasteiger partial charge in [0.15, 0.2) is 17.5 Å². The van der Waals surface area contributed by atoms with E-state index in [1.807, 2.05) is 31.2 Å². The van der Waals surface area contributed by atoms with E-state index < -0.39 is 0 Å². The molecule has 0 fully saturated rings. The van der Waals surface area contributed by atoms with Gasteiger partial charge in [0.2, 0.25) is 0 Å². The van der Waals surface area contributed by atoms with Crippen LogP contribution in [0.3, 0.4) is 0 Å². The lowest BCUT2D eigenvalue weighted by molar-refractivity contribution is 0.310. The minimum absolute atomic E-state index is 0.626. The average molecular weight is 428 g/mol. The number of anilines is 1. The van der Waals surface area contributed by atoms with Gasteiger partial charge in [0.1, 0.15) is 5.82 Å². The maximum absolute atomic E-state index is 5.66. The average Bonchev–Trinajstić information content (AvgIpc) is 2.80. The topological polar surface area (TPSA) is 79.8 Å². The summed E-state index contributed by atoms with van der Waals surface area (Å²) in [7, 11) is 1.67.